The Morgan fingerprint density at radius 2 is 1.93 bits per heavy atom. The van der Waals surface area contributed by atoms with Crippen LogP contribution in [0.3, 0.4) is 0 Å². The van der Waals surface area contributed by atoms with Crippen LogP contribution >= 0.6 is 0 Å². The number of hydrogen-bond donors (Lipinski definition) is 1. The number of aromatic nitrogens is 2. The summed E-state index contributed by atoms with van der Waals surface area (Å²) in [7, 11) is 1.66. The van der Waals surface area contributed by atoms with Crippen molar-refractivity contribution >= 4 is 28.4 Å². The van der Waals surface area contributed by atoms with E-state index >= 15 is 0 Å². The number of fused-ring (bicyclic) bond motifs is 2. The molecule has 2 aromatic carbocycles. The highest BCUT2D eigenvalue weighted by Crippen LogP contribution is 2.36. The summed E-state index contributed by atoms with van der Waals surface area (Å²) < 4.78 is 34.1. The first kappa shape index (κ1) is 28.9. The molecule has 0 unspecified atom stereocenters. The zero-order valence-corrected chi connectivity index (χ0v) is 24.3. The van der Waals surface area contributed by atoms with Crippen molar-refractivity contribution in [2.45, 2.75) is 50.7 Å². The maximum absolute atomic E-state index is 14.0. The number of piperazine rings is 1. The van der Waals surface area contributed by atoms with Crippen LogP contribution < -0.4 is 14.5 Å². The third-order valence-electron chi connectivity index (χ3n) is 8.85. The molecule has 0 radical (unpaired) electrons. The molecule has 3 aromatic rings. The lowest BCUT2D eigenvalue weighted by Gasteiger charge is -2.41. The number of hydrogen-bond acceptors (Lipinski definition) is 8. The van der Waals surface area contributed by atoms with E-state index in [1.807, 2.05) is 4.90 Å². The van der Waals surface area contributed by atoms with Crippen molar-refractivity contribution in [2.24, 2.45) is 0 Å². The first-order chi connectivity index (χ1) is 20.6. The maximum Gasteiger partial charge on any atom is 0.407 e. The van der Waals surface area contributed by atoms with Crippen LogP contribution in [0.5, 0.6) is 6.01 Å². The van der Waals surface area contributed by atoms with Gasteiger partial charge in [0.05, 0.1) is 37.3 Å². The van der Waals surface area contributed by atoms with E-state index in [-0.39, 0.29) is 38.5 Å². The summed E-state index contributed by atoms with van der Waals surface area (Å²) >= 11 is 0. The number of aryl methyl sites for hydroxylation is 1. The molecule has 0 bridgehead atoms. The van der Waals surface area contributed by atoms with Gasteiger partial charge in [0, 0.05) is 55.3 Å². The number of benzene rings is 2. The number of ether oxygens (including phenoxy) is 1. The number of likely N-dealkylation sites (N-methyl/N-ethyl adjacent to an activating group) is 1. The van der Waals surface area contributed by atoms with Crippen molar-refractivity contribution in [1.82, 2.24) is 19.8 Å². The summed E-state index contributed by atoms with van der Waals surface area (Å²) in [5.74, 6) is -2.10. The van der Waals surface area contributed by atoms with Gasteiger partial charge >= 0.3 is 12.1 Å². The quantitative estimate of drug-likeness (QED) is 0.449. The minimum atomic E-state index is -2.76. The topological polar surface area (TPSA) is 109 Å². The molecule has 2 saturated heterocycles. The van der Waals surface area contributed by atoms with E-state index in [1.54, 1.807) is 11.9 Å². The van der Waals surface area contributed by atoms with Gasteiger partial charge in [0.25, 0.3) is 5.92 Å². The predicted octanol–water partition coefficient (Wildman–Crippen LogP) is 4.30. The number of anilines is 2. The molecule has 43 heavy (non-hydrogen) atoms. The largest absolute Gasteiger partial charge is 0.465 e. The predicted molar refractivity (Wildman–Crippen MR) is 158 cm³/mol. The van der Waals surface area contributed by atoms with Gasteiger partial charge in [-0.2, -0.15) is 15.2 Å². The highest BCUT2D eigenvalue weighted by molar-refractivity contribution is 5.97. The molecule has 3 aliphatic heterocycles. The Labute approximate surface area is 249 Å². The van der Waals surface area contributed by atoms with Crippen LogP contribution in [0.2, 0.25) is 0 Å². The standard InChI is InChI=1S/C31H35F2N7O3/c1-20-5-3-6-21-7-4-8-26(27(20)21)38-12-10-24-25(17-38)35-29(43-18-23-15-31(32,33)19-37(23)2)36-28(24)39-13-14-40(30(41)42)22(16-39)9-11-34/h3-8,22-23H,9-10,12-19H2,1-2H3,(H,41,42)/t22-,23-/m0/s1. The van der Waals surface area contributed by atoms with Gasteiger partial charge in [0.1, 0.15) is 12.4 Å². The summed E-state index contributed by atoms with van der Waals surface area (Å²) in [5.41, 5.74) is 4.05. The number of carboxylic acid groups (broad SMARTS) is 1. The molecule has 10 nitrogen and oxygen atoms in total. The second-order valence-electron chi connectivity index (χ2n) is 11.8. The fourth-order valence-electron chi connectivity index (χ4n) is 6.68. The SMILES string of the molecule is Cc1cccc2cccc(N3CCc4c(nc(OC[C@@H]5CC(F)(F)CN5C)nc4N4CCN(C(=O)O)[C@@H](CC#N)C4)C3)c12. The number of carbonyl (C=O) groups is 1. The Balaban J connectivity index is 1.34. The Morgan fingerprint density at radius 1 is 1.14 bits per heavy atom. The van der Waals surface area contributed by atoms with E-state index in [4.69, 9.17) is 14.7 Å². The normalized spacial score (nSPS) is 22.0. The minimum absolute atomic E-state index is 0.0282. The van der Waals surface area contributed by atoms with E-state index in [0.29, 0.717) is 31.9 Å². The van der Waals surface area contributed by atoms with Gasteiger partial charge in [0.2, 0.25) is 0 Å². The van der Waals surface area contributed by atoms with E-state index in [2.05, 4.69) is 54.3 Å². The summed E-state index contributed by atoms with van der Waals surface area (Å²) in [6, 6.07) is 13.8. The first-order valence-electron chi connectivity index (χ1n) is 14.6. The molecule has 1 amide bonds. The van der Waals surface area contributed by atoms with E-state index in [0.717, 1.165) is 28.9 Å². The van der Waals surface area contributed by atoms with Gasteiger partial charge in [-0.05, 0) is 37.4 Å². The fourth-order valence-corrected chi connectivity index (χ4v) is 6.68. The highest BCUT2D eigenvalue weighted by Gasteiger charge is 2.43. The number of nitrogens with zero attached hydrogens (tertiary/aromatic N) is 7. The van der Waals surface area contributed by atoms with Crippen LogP contribution in [0.25, 0.3) is 10.8 Å². The van der Waals surface area contributed by atoms with Crippen LogP contribution in [0, 0.1) is 18.3 Å². The van der Waals surface area contributed by atoms with Crippen LogP contribution in [0.4, 0.5) is 25.1 Å². The van der Waals surface area contributed by atoms with Gasteiger partial charge in [-0.25, -0.2) is 13.6 Å². The number of amides is 1. The first-order valence-corrected chi connectivity index (χ1v) is 14.6. The van der Waals surface area contributed by atoms with E-state index in [1.165, 1.54) is 15.8 Å². The van der Waals surface area contributed by atoms with Crippen molar-refractivity contribution in [3.63, 3.8) is 0 Å². The average molecular weight is 592 g/mol. The minimum Gasteiger partial charge on any atom is -0.465 e. The van der Waals surface area contributed by atoms with Gasteiger partial charge in [-0.1, -0.05) is 30.3 Å². The smallest absolute Gasteiger partial charge is 0.407 e. The summed E-state index contributed by atoms with van der Waals surface area (Å²) in [5, 5.41) is 21.4. The summed E-state index contributed by atoms with van der Waals surface area (Å²) in [4.78, 5) is 28.6. The molecule has 0 aliphatic carbocycles. The second-order valence-corrected chi connectivity index (χ2v) is 11.8. The van der Waals surface area contributed by atoms with Crippen molar-refractivity contribution in [2.75, 3.05) is 56.2 Å². The van der Waals surface area contributed by atoms with Crippen molar-refractivity contribution in [3.05, 3.63) is 53.2 Å². The molecule has 4 heterocycles. The zero-order chi connectivity index (χ0) is 30.3. The molecule has 226 valence electrons. The fraction of sp³-hybridized carbons (Fsp3) is 0.484. The molecular weight excluding hydrogens is 556 g/mol. The average Bonchev–Trinajstić information content (AvgIpc) is 3.25. The number of nitriles is 1. The molecular formula is C31H35F2N7O3. The molecule has 0 saturated carbocycles. The molecule has 1 N–H and O–H groups in total. The lowest BCUT2D eigenvalue weighted by Crippen LogP contribution is -2.55. The van der Waals surface area contributed by atoms with E-state index in [9.17, 15) is 23.9 Å². The highest BCUT2D eigenvalue weighted by atomic mass is 19.3. The molecule has 0 spiro atoms. The third-order valence-corrected chi connectivity index (χ3v) is 8.85. The molecule has 2 atom stereocenters. The van der Waals surface area contributed by atoms with Crippen molar-refractivity contribution in [1.29, 1.82) is 5.26 Å². The zero-order valence-electron chi connectivity index (χ0n) is 24.3. The molecule has 12 heteroatoms. The van der Waals surface area contributed by atoms with Crippen LogP contribution in [-0.2, 0) is 13.0 Å². The Morgan fingerprint density at radius 3 is 2.65 bits per heavy atom. The number of alkyl halides is 2. The van der Waals surface area contributed by atoms with Crippen LogP contribution in [-0.4, -0.2) is 95.4 Å². The van der Waals surface area contributed by atoms with E-state index < -0.39 is 24.1 Å². The number of rotatable bonds is 6. The molecule has 1 aromatic heterocycles. The van der Waals surface area contributed by atoms with Crippen LogP contribution in [0.1, 0.15) is 29.7 Å². The van der Waals surface area contributed by atoms with Gasteiger partial charge < -0.3 is 24.5 Å². The lowest BCUT2D eigenvalue weighted by atomic mass is 9.99. The van der Waals surface area contributed by atoms with Crippen LogP contribution in [0.15, 0.2) is 36.4 Å². The second kappa shape index (κ2) is 11.4. The van der Waals surface area contributed by atoms with Crippen molar-refractivity contribution < 1.29 is 23.4 Å². The van der Waals surface area contributed by atoms with Crippen molar-refractivity contribution in [3.8, 4) is 12.1 Å². The maximum atomic E-state index is 14.0. The van der Waals surface area contributed by atoms with Gasteiger partial charge in [-0.3, -0.25) is 4.90 Å². The molecule has 3 aliphatic rings. The third kappa shape index (κ3) is 5.73. The van der Waals surface area contributed by atoms with Gasteiger partial charge in [0.15, 0.2) is 0 Å². The van der Waals surface area contributed by atoms with Gasteiger partial charge in [-0.15, -0.1) is 0 Å². The number of likely N-dealkylation sites (tertiary alicyclic amines) is 1. The monoisotopic (exact) mass is 591 g/mol. The molecule has 2 fully saturated rings. The number of halogens is 2. The lowest BCUT2D eigenvalue weighted by molar-refractivity contribution is 0.0136. The molecule has 6 rings (SSSR count). The Hall–Kier alpha value is -4.24. The summed E-state index contributed by atoms with van der Waals surface area (Å²) in [6.07, 6.45) is -0.613. The Kier molecular flexibility index (Phi) is 7.68. The summed E-state index contributed by atoms with van der Waals surface area (Å²) in [6.45, 7) is 4.01. The Bertz CT molecular complexity index is 1570.